The maximum Gasteiger partial charge on any atom is 0.177 e. The van der Waals surface area contributed by atoms with E-state index >= 15 is 0 Å². The molecule has 1 atom stereocenters. The van der Waals surface area contributed by atoms with Crippen molar-refractivity contribution < 1.29 is 8.42 Å². The Labute approximate surface area is 115 Å². The summed E-state index contributed by atoms with van der Waals surface area (Å²) in [4.78, 5) is 2.73. The van der Waals surface area contributed by atoms with Crippen molar-refractivity contribution >= 4 is 15.5 Å². The smallest absolute Gasteiger partial charge is 0.177 e. The minimum Gasteiger partial charge on any atom is -0.382 e. The summed E-state index contributed by atoms with van der Waals surface area (Å²) in [7, 11) is -1.04. The van der Waals surface area contributed by atoms with Crippen LogP contribution in [0.2, 0.25) is 0 Å². The predicted octanol–water partition coefficient (Wildman–Crippen LogP) is 1.99. The van der Waals surface area contributed by atoms with E-state index < -0.39 is 9.84 Å². The minimum absolute atomic E-state index is 0.383. The van der Waals surface area contributed by atoms with E-state index in [-0.39, 0.29) is 0 Å². The van der Waals surface area contributed by atoms with Crippen LogP contribution in [0, 0.1) is 0 Å². The van der Waals surface area contributed by atoms with E-state index in [1.165, 1.54) is 25.5 Å². The Morgan fingerprint density at radius 1 is 1.32 bits per heavy atom. The van der Waals surface area contributed by atoms with Gasteiger partial charge in [-0.1, -0.05) is 18.6 Å². The third-order valence-corrected chi connectivity index (χ3v) is 4.89. The first-order valence-corrected chi connectivity index (χ1v) is 8.61. The Bertz CT molecular complexity index is 528. The fourth-order valence-corrected chi connectivity index (χ4v) is 3.43. The molecule has 0 radical (unpaired) electrons. The first kappa shape index (κ1) is 14.3. The van der Waals surface area contributed by atoms with Crippen molar-refractivity contribution in [1.29, 1.82) is 0 Å². The van der Waals surface area contributed by atoms with Crippen molar-refractivity contribution in [1.82, 2.24) is 4.90 Å². The molecular weight excluding hydrogens is 260 g/mol. The van der Waals surface area contributed by atoms with Crippen molar-refractivity contribution in [3.63, 3.8) is 0 Å². The van der Waals surface area contributed by atoms with Gasteiger partial charge in [-0.15, -0.1) is 0 Å². The highest BCUT2D eigenvalue weighted by Crippen LogP contribution is 2.22. The fraction of sp³-hybridized carbons (Fsp3) is 0.571. The fourth-order valence-electron chi connectivity index (χ4n) is 2.57. The molecule has 106 valence electrons. The molecule has 4 nitrogen and oxygen atoms in total. The van der Waals surface area contributed by atoms with Crippen molar-refractivity contribution in [2.45, 2.75) is 30.2 Å². The van der Waals surface area contributed by atoms with E-state index in [9.17, 15) is 8.42 Å². The molecule has 0 bridgehead atoms. The third kappa shape index (κ3) is 3.70. The monoisotopic (exact) mass is 282 g/mol. The van der Waals surface area contributed by atoms with Gasteiger partial charge >= 0.3 is 0 Å². The molecule has 1 fully saturated rings. The number of piperidine rings is 1. The highest BCUT2D eigenvalue weighted by molar-refractivity contribution is 7.90. The summed E-state index contributed by atoms with van der Waals surface area (Å²) in [5.74, 6) is 0. The van der Waals surface area contributed by atoms with Crippen LogP contribution in [0.4, 0.5) is 5.69 Å². The van der Waals surface area contributed by atoms with Crippen LogP contribution in [0.15, 0.2) is 29.2 Å². The highest BCUT2D eigenvalue weighted by Gasteiger charge is 2.19. The zero-order valence-electron chi connectivity index (χ0n) is 11.6. The first-order valence-electron chi connectivity index (χ1n) is 6.71. The largest absolute Gasteiger partial charge is 0.382 e. The van der Waals surface area contributed by atoms with Crippen LogP contribution in [-0.4, -0.2) is 45.8 Å². The van der Waals surface area contributed by atoms with E-state index in [1.807, 2.05) is 12.1 Å². The number of hydrogen-bond donors (Lipinski definition) is 1. The van der Waals surface area contributed by atoms with Crippen molar-refractivity contribution in [2.75, 3.05) is 31.7 Å². The normalized spacial score (nSPS) is 21.3. The summed E-state index contributed by atoms with van der Waals surface area (Å²) in [5.41, 5.74) is 0.712. The van der Waals surface area contributed by atoms with Gasteiger partial charge in [-0.3, -0.25) is 0 Å². The SMILES string of the molecule is CN1CCCCC1CNc1ccccc1S(C)(=O)=O. The number of nitrogens with one attached hydrogen (secondary N) is 1. The molecule has 1 unspecified atom stereocenters. The number of rotatable bonds is 4. The molecule has 1 N–H and O–H groups in total. The number of nitrogens with zero attached hydrogens (tertiary/aromatic N) is 1. The van der Waals surface area contributed by atoms with E-state index in [4.69, 9.17) is 0 Å². The molecule has 0 aromatic heterocycles. The second-order valence-corrected chi connectivity index (χ2v) is 7.26. The topological polar surface area (TPSA) is 49.4 Å². The van der Waals surface area contributed by atoms with Crippen LogP contribution in [0.3, 0.4) is 0 Å². The van der Waals surface area contributed by atoms with Gasteiger partial charge in [0.15, 0.2) is 9.84 Å². The van der Waals surface area contributed by atoms with Gasteiger partial charge < -0.3 is 10.2 Å². The average molecular weight is 282 g/mol. The van der Waals surface area contributed by atoms with Crippen LogP contribution >= 0.6 is 0 Å². The zero-order valence-corrected chi connectivity index (χ0v) is 12.4. The number of likely N-dealkylation sites (tertiary alicyclic amines) is 1. The molecule has 1 aromatic carbocycles. The number of sulfone groups is 1. The van der Waals surface area contributed by atoms with Crippen LogP contribution in [0.5, 0.6) is 0 Å². The molecule has 19 heavy (non-hydrogen) atoms. The van der Waals surface area contributed by atoms with Gasteiger partial charge in [0.2, 0.25) is 0 Å². The van der Waals surface area contributed by atoms with E-state index in [1.54, 1.807) is 12.1 Å². The lowest BCUT2D eigenvalue weighted by atomic mass is 10.0. The Hall–Kier alpha value is -1.07. The lowest BCUT2D eigenvalue weighted by Gasteiger charge is -2.32. The van der Waals surface area contributed by atoms with Crippen LogP contribution < -0.4 is 5.32 Å². The molecule has 2 rings (SSSR count). The number of likely N-dealkylation sites (N-methyl/N-ethyl adjacent to an activating group) is 1. The van der Waals surface area contributed by atoms with Crippen molar-refractivity contribution in [3.8, 4) is 0 Å². The average Bonchev–Trinajstić information content (AvgIpc) is 2.37. The van der Waals surface area contributed by atoms with Gasteiger partial charge in [-0.25, -0.2) is 8.42 Å². The summed E-state index contributed by atoms with van der Waals surface area (Å²) < 4.78 is 23.4. The maximum absolute atomic E-state index is 11.7. The molecule has 1 saturated heterocycles. The Morgan fingerprint density at radius 2 is 2.05 bits per heavy atom. The minimum atomic E-state index is -3.18. The zero-order chi connectivity index (χ0) is 13.9. The molecular formula is C14H22N2O2S. The number of para-hydroxylation sites is 1. The molecule has 1 heterocycles. The van der Waals surface area contributed by atoms with E-state index in [0.717, 1.165) is 13.1 Å². The first-order chi connectivity index (χ1) is 8.98. The Morgan fingerprint density at radius 3 is 2.74 bits per heavy atom. The van der Waals surface area contributed by atoms with Gasteiger partial charge in [-0.05, 0) is 38.6 Å². The number of anilines is 1. The molecule has 1 aromatic rings. The molecule has 1 aliphatic heterocycles. The summed E-state index contributed by atoms with van der Waals surface area (Å²) in [6.07, 6.45) is 4.93. The summed E-state index contributed by atoms with van der Waals surface area (Å²) in [6.45, 7) is 1.92. The van der Waals surface area contributed by atoms with E-state index in [2.05, 4.69) is 17.3 Å². The van der Waals surface area contributed by atoms with Gasteiger partial charge in [0.1, 0.15) is 0 Å². The quantitative estimate of drug-likeness (QED) is 0.917. The molecule has 0 spiro atoms. The number of benzene rings is 1. The van der Waals surface area contributed by atoms with Gasteiger partial charge in [0, 0.05) is 18.8 Å². The van der Waals surface area contributed by atoms with Gasteiger partial charge in [0.25, 0.3) is 0 Å². The summed E-state index contributed by atoms with van der Waals surface area (Å²) in [6, 6.07) is 7.60. The van der Waals surface area contributed by atoms with Gasteiger partial charge in [0.05, 0.1) is 10.6 Å². The molecule has 0 saturated carbocycles. The second kappa shape index (κ2) is 5.92. The summed E-state index contributed by atoms with van der Waals surface area (Å²) in [5, 5.41) is 3.30. The molecule has 1 aliphatic rings. The lowest BCUT2D eigenvalue weighted by molar-refractivity contribution is 0.194. The van der Waals surface area contributed by atoms with Crippen LogP contribution in [-0.2, 0) is 9.84 Å². The van der Waals surface area contributed by atoms with Crippen LogP contribution in [0.1, 0.15) is 19.3 Å². The Kier molecular flexibility index (Phi) is 4.47. The lowest BCUT2D eigenvalue weighted by Crippen LogP contribution is -2.40. The standard InChI is InChI=1S/C14H22N2O2S/c1-16-10-6-5-7-12(16)11-15-13-8-3-4-9-14(13)19(2,17)18/h3-4,8-9,12,15H,5-7,10-11H2,1-2H3. The molecule has 0 aliphatic carbocycles. The Balaban J connectivity index is 2.07. The maximum atomic E-state index is 11.7. The third-order valence-electron chi connectivity index (χ3n) is 3.74. The van der Waals surface area contributed by atoms with Crippen molar-refractivity contribution in [3.05, 3.63) is 24.3 Å². The highest BCUT2D eigenvalue weighted by atomic mass is 32.2. The predicted molar refractivity (Wildman–Crippen MR) is 78.3 cm³/mol. The van der Waals surface area contributed by atoms with E-state index in [0.29, 0.717) is 16.6 Å². The van der Waals surface area contributed by atoms with Gasteiger partial charge in [-0.2, -0.15) is 0 Å². The van der Waals surface area contributed by atoms with Crippen LogP contribution in [0.25, 0.3) is 0 Å². The summed E-state index contributed by atoms with van der Waals surface area (Å²) >= 11 is 0. The molecule has 5 heteroatoms. The molecule has 0 amide bonds. The number of hydrogen-bond acceptors (Lipinski definition) is 4. The van der Waals surface area contributed by atoms with Crippen molar-refractivity contribution in [2.24, 2.45) is 0 Å². The second-order valence-electron chi connectivity index (χ2n) is 5.28.